The standard InChI is InChI=1S/C19H24N2O/c1-19(2)12-16(11-17(13-19)21-14-18(20)22)10-6-9-15-7-4-3-5-8-15/h3-11,21H,12-14H2,1-2H3,(H2,20,22)/b9-6+,16-10+. The van der Waals surface area contributed by atoms with Crippen LogP contribution < -0.4 is 11.1 Å². The van der Waals surface area contributed by atoms with Gasteiger partial charge in [0.15, 0.2) is 0 Å². The van der Waals surface area contributed by atoms with Crippen LogP contribution >= 0.6 is 0 Å². The van der Waals surface area contributed by atoms with Gasteiger partial charge >= 0.3 is 0 Å². The third-order valence-electron chi connectivity index (χ3n) is 3.60. The summed E-state index contributed by atoms with van der Waals surface area (Å²) in [6, 6.07) is 10.2. The third-order valence-corrected chi connectivity index (χ3v) is 3.60. The number of hydrogen-bond acceptors (Lipinski definition) is 2. The molecule has 0 aromatic heterocycles. The molecule has 0 heterocycles. The number of primary amides is 1. The molecule has 2 rings (SSSR count). The largest absolute Gasteiger partial charge is 0.380 e. The minimum absolute atomic E-state index is 0.182. The first kappa shape index (κ1) is 16.1. The van der Waals surface area contributed by atoms with E-state index in [4.69, 9.17) is 5.73 Å². The lowest BCUT2D eigenvalue weighted by Crippen LogP contribution is -2.31. The fourth-order valence-corrected chi connectivity index (χ4v) is 2.72. The Morgan fingerprint density at radius 2 is 2.00 bits per heavy atom. The van der Waals surface area contributed by atoms with E-state index in [9.17, 15) is 4.79 Å². The molecule has 1 aliphatic carbocycles. The number of amides is 1. The summed E-state index contributed by atoms with van der Waals surface area (Å²) in [6.45, 7) is 4.66. The van der Waals surface area contributed by atoms with Gasteiger partial charge < -0.3 is 11.1 Å². The summed E-state index contributed by atoms with van der Waals surface area (Å²) in [6.07, 6.45) is 10.4. The summed E-state index contributed by atoms with van der Waals surface area (Å²) in [5.41, 5.74) is 8.91. The highest BCUT2D eigenvalue weighted by atomic mass is 16.1. The van der Waals surface area contributed by atoms with Gasteiger partial charge in [-0.05, 0) is 35.5 Å². The van der Waals surface area contributed by atoms with Crippen molar-refractivity contribution in [3.05, 3.63) is 65.4 Å². The van der Waals surface area contributed by atoms with Crippen LogP contribution in [-0.2, 0) is 4.79 Å². The van der Waals surface area contributed by atoms with Crippen molar-refractivity contribution in [1.82, 2.24) is 5.32 Å². The predicted molar refractivity (Wildman–Crippen MR) is 91.9 cm³/mol. The van der Waals surface area contributed by atoms with Crippen molar-refractivity contribution in [3.8, 4) is 0 Å². The summed E-state index contributed by atoms with van der Waals surface area (Å²) in [5.74, 6) is -0.334. The number of allylic oxidation sites excluding steroid dienone is 5. The van der Waals surface area contributed by atoms with Gasteiger partial charge in [-0.2, -0.15) is 0 Å². The average molecular weight is 296 g/mol. The minimum Gasteiger partial charge on any atom is -0.380 e. The van der Waals surface area contributed by atoms with Crippen molar-refractivity contribution in [2.75, 3.05) is 6.54 Å². The molecule has 0 atom stereocenters. The Hall–Kier alpha value is -2.29. The minimum atomic E-state index is -0.334. The molecule has 0 fully saturated rings. The van der Waals surface area contributed by atoms with Gasteiger partial charge in [0.1, 0.15) is 0 Å². The first-order valence-electron chi connectivity index (χ1n) is 7.60. The van der Waals surface area contributed by atoms with Crippen molar-refractivity contribution in [2.24, 2.45) is 11.1 Å². The highest BCUT2D eigenvalue weighted by Crippen LogP contribution is 2.36. The molecule has 1 aromatic carbocycles. The Morgan fingerprint density at radius 1 is 1.27 bits per heavy atom. The summed E-state index contributed by atoms with van der Waals surface area (Å²) in [5, 5.41) is 3.14. The van der Waals surface area contributed by atoms with Crippen LogP contribution in [0.4, 0.5) is 0 Å². The van der Waals surface area contributed by atoms with Gasteiger partial charge in [-0.1, -0.05) is 62.4 Å². The summed E-state index contributed by atoms with van der Waals surface area (Å²) < 4.78 is 0. The highest BCUT2D eigenvalue weighted by molar-refractivity contribution is 5.76. The number of hydrogen-bond donors (Lipinski definition) is 2. The smallest absolute Gasteiger partial charge is 0.236 e. The first-order valence-corrected chi connectivity index (χ1v) is 7.60. The van der Waals surface area contributed by atoms with Gasteiger partial charge in [-0.15, -0.1) is 0 Å². The summed E-state index contributed by atoms with van der Waals surface area (Å²) in [4.78, 5) is 10.9. The monoisotopic (exact) mass is 296 g/mol. The molecule has 0 unspecified atom stereocenters. The number of nitrogens with one attached hydrogen (secondary N) is 1. The van der Waals surface area contributed by atoms with E-state index in [0.29, 0.717) is 0 Å². The predicted octanol–water partition coefficient (Wildman–Crippen LogP) is 3.41. The number of carbonyl (C=O) groups excluding carboxylic acids is 1. The highest BCUT2D eigenvalue weighted by Gasteiger charge is 2.25. The number of rotatable bonds is 5. The van der Waals surface area contributed by atoms with Gasteiger partial charge in [0.2, 0.25) is 5.91 Å². The Labute approximate surface area is 132 Å². The topological polar surface area (TPSA) is 55.1 Å². The molecule has 3 nitrogen and oxygen atoms in total. The molecule has 3 N–H and O–H groups in total. The van der Waals surface area contributed by atoms with Gasteiger partial charge in [-0.25, -0.2) is 0 Å². The molecule has 1 amide bonds. The Morgan fingerprint density at radius 3 is 2.68 bits per heavy atom. The normalized spacial score (nSPS) is 19.2. The molecule has 3 heteroatoms. The number of benzene rings is 1. The second-order valence-corrected chi connectivity index (χ2v) is 6.52. The molecule has 22 heavy (non-hydrogen) atoms. The quantitative estimate of drug-likeness (QED) is 0.875. The van der Waals surface area contributed by atoms with E-state index in [-0.39, 0.29) is 17.9 Å². The van der Waals surface area contributed by atoms with Crippen LogP contribution in [0.25, 0.3) is 6.08 Å². The van der Waals surface area contributed by atoms with E-state index in [1.807, 2.05) is 18.2 Å². The molecule has 0 bridgehead atoms. The Bertz CT molecular complexity index is 610. The lowest BCUT2D eigenvalue weighted by Gasteiger charge is -2.31. The molecule has 0 saturated carbocycles. The SMILES string of the molecule is CC1(C)CC(NCC(N)=O)=C/C(=C\C=C\c2ccccc2)C1. The summed E-state index contributed by atoms with van der Waals surface area (Å²) >= 11 is 0. The van der Waals surface area contributed by atoms with E-state index in [1.165, 1.54) is 11.1 Å². The van der Waals surface area contributed by atoms with Crippen molar-refractivity contribution in [1.29, 1.82) is 0 Å². The molecule has 116 valence electrons. The van der Waals surface area contributed by atoms with Crippen LogP contribution in [-0.4, -0.2) is 12.5 Å². The zero-order valence-corrected chi connectivity index (χ0v) is 13.3. The molecule has 1 aromatic rings. The molecule has 0 aliphatic heterocycles. The maximum absolute atomic E-state index is 10.9. The van der Waals surface area contributed by atoms with Gasteiger partial charge in [0.05, 0.1) is 6.54 Å². The fourth-order valence-electron chi connectivity index (χ4n) is 2.72. The van der Waals surface area contributed by atoms with Crippen LogP contribution in [0.1, 0.15) is 32.3 Å². The zero-order chi connectivity index (χ0) is 16.0. The van der Waals surface area contributed by atoms with E-state index in [0.717, 1.165) is 18.5 Å². The van der Waals surface area contributed by atoms with Gasteiger partial charge in [-0.3, -0.25) is 4.79 Å². The van der Waals surface area contributed by atoms with E-state index in [1.54, 1.807) is 0 Å². The van der Waals surface area contributed by atoms with Crippen molar-refractivity contribution >= 4 is 12.0 Å². The molecular formula is C19H24N2O. The van der Waals surface area contributed by atoms with Crippen molar-refractivity contribution < 1.29 is 4.79 Å². The Balaban J connectivity index is 2.10. The summed E-state index contributed by atoms with van der Waals surface area (Å²) in [7, 11) is 0. The number of carbonyl (C=O) groups is 1. The lowest BCUT2D eigenvalue weighted by atomic mass is 9.77. The maximum Gasteiger partial charge on any atom is 0.236 e. The molecule has 0 spiro atoms. The van der Waals surface area contributed by atoms with Crippen molar-refractivity contribution in [2.45, 2.75) is 26.7 Å². The second-order valence-electron chi connectivity index (χ2n) is 6.52. The van der Waals surface area contributed by atoms with Gasteiger partial charge in [0.25, 0.3) is 0 Å². The van der Waals surface area contributed by atoms with Crippen LogP contribution in [0, 0.1) is 5.41 Å². The molecule has 0 saturated heterocycles. The van der Waals surface area contributed by atoms with E-state index < -0.39 is 0 Å². The second kappa shape index (κ2) is 7.12. The lowest BCUT2D eigenvalue weighted by molar-refractivity contribution is -0.117. The zero-order valence-electron chi connectivity index (χ0n) is 13.3. The number of nitrogens with two attached hydrogens (primary N) is 1. The van der Waals surface area contributed by atoms with Crippen LogP contribution in [0.3, 0.4) is 0 Å². The van der Waals surface area contributed by atoms with Crippen LogP contribution in [0.2, 0.25) is 0 Å². The van der Waals surface area contributed by atoms with Gasteiger partial charge in [0, 0.05) is 5.70 Å². The first-order chi connectivity index (χ1) is 10.4. The van der Waals surface area contributed by atoms with Crippen LogP contribution in [0.15, 0.2) is 59.8 Å². The van der Waals surface area contributed by atoms with Crippen LogP contribution in [0.5, 0.6) is 0 Å². The fraction of sp³-hybridized carbons (Fsp3) is 0.316. The van der Waals surface area contributed by atoms with E-state index >= 15 is 0 Å². The molecule has 1 aliphatic rings. The average Bonchev–Trinajstić information content (AvgIpc) is 2.45. The van der Waals surface area contributed by atoms with E-state index in [2.05, 4.69) is 55.6 Å². The Kier molecular flexibility index (Phi) is 5.21. The third kappa shape index (κ3) is 5.24. The maximum atomic E-state index is 10.9. The van der Waals surface area contributed by atoms with Crippen molar-refractivity contribution in [3.63, 3.8) is 0 Å². The molecule has 0 radical (unpaired) electrons. The molecular weight excluding hydrogens is 272 g/mol.